The molecule has 6 aromatic carbocycles. The molecule has 15 heteroatoms. The SMILES string of the molecule is C1CCOC1.C1CCOC1.C1CC[OH+]C1.CCC1(CC)c2ccc([n-]2)C=Nc2cccc3cc4cccc(c4cc23)N=Cc2ccc3[n]2[Ge][n]2c(ccc2C3(CC)CC)C=Nc2cccc3cc4cccc(c4cc23)N=Cc2ccc1[n-]2.[O-2].[O-2].[U]. The van der Waals surface area contributed by atoms with Crippen LogP contribution in [0.15, 0.2) is 166 Å². The first-order valence-corrected chi connectivity index (χ1v) is 31.7. The average Bonchev–Trinajstić information content (AvgIpc) is 2.34. The van der Waals surface area contributed by atoms with Gasteiger partial charge in [0.05, 0.1) is 0 Å². The maximum absolute atomic E-state index is 5.26. The van der Waals surface area contributed by atoms with Crippen LogP contribution in [0.25, 0.3) is 43.1 Å². The number of ether oxygens (including phenoxy) is 3. The van der Waals surface area contributed by atoms with E-state index in [2.05, 4.69) is 198 Å². The first-order chi connectivity index (χ1) is 40.4. The predicted octanol–water partition coefficient (Wildman–Crippen LogP) is 15.3. The molecule has 0 saturated carbocycles. The van der Waals surface area contributed by atoms with Crippen LogP contribution in [0.1, 0.15) is 137 Å². The van der Waals surface area contributed by atoms with Gasteiger partial charge < -0.3 is 35.1 Å². The number of aromatic nitrogens is 4. The fourth-order valence-electron chi connectivity index (χ4n) is 12.4. The fourth-order valence-corrected chi connectivity index (χ4v) is 15.6. The Labute approximate surface area is 529 Å². The van der Waals surface area contributed by atoms with E-state index >= 15 is 0 Å². The van der Waals surface area contributed by atoms with Crippen LogP contribution >= 0.6 is 0 Å². The summed E-state index contributed by atoms with van der Waals surface area (Å²) in [5.74, 6) is 0. The van der Waals surface area contributed by atoms with Crippen LogP contribution in [0.4, 0.5) is 22.7 Å². The summed E-state index contributed by atoms with van der Waals surface area (Å²) in [5, 5.41) is 8.88. The molecule has 5 aliphatic rings. The van der Waals surface area contributed by atoms with Crippen molar-refractivity contribution >= 4 is 107 Å². The number of aliphatic imine (C=N–C) groups is 4. The van der Waals surface area contributed by atoms with Gasteiger partial charge in [-0.1, -0.05) is 38.1 Å². The Balaban J connectivity index is 0.000000420. The van der Waals surface area contributed by atoms with Crippen molar-refractivity contribution < 1.29 is 56.3 Å². The van der Waals surface area contributed by atoms with Gasteiger partial charge in [0.25, 0.3) is 0 Å². The smallest absolute Gasteiger partial charge is 2.00 e. The molecule has 3 fully saturated rings. The quantitative estimate of drug-likeness (QED) is 0.0969. The summed E-state index contributed by atoms with van der Waals surface area (Å²) in [6.07, 6.45) is 19.4. The van der Waals surface area contributed by atoms with Gasteiger partial charge in [-0.3, -0.25) is 0 Å². The number of hydrogen-bond donors (Lipinski definition) is 0. The summed E-state index contributed by atoms with van der Waals surface area (Å²) in [5.41, 5.74) is 11.8. The fraction of sp³-hybridized carbons (Fsp3) is 0.314. The molecule has 0 aliphatic carbocycles. The Morgan fingerprint density at radius 1 is 0.435 bits per heavy atom. The van der Waals surface area contributed by atoms with Crippen LogP contribution in [0, 0.1) is 31.1 Å². The number of aliphatic hydroxyl groups is 2. The molecule has 0 spiro atoms. The van der Waals surface area contributed by atoms with Crippen molar-refractivity contribution in [3.8, 4) is 0 Å². The Morgan fingerprint density at radius 3 is 1.12 bits per heavy atom. The molecule has 10 aromatic rings. The molecule has 0 unspecified atom stereocenters. The topological polar surface area (TPSA) is 176 Å². The van der Waals surface area contributed by atoms with E-state index in [1.807, 2.05) is 12.4 Å². The molecule has 15 rings (SSSR count). The van der Waals surface area contributed by atoms with Crippen molar-refractivity contribution in [2.75, 3.05) is 39.6 Å². The second-order valence-electron chi connectivity index (χ2n) is 21.9. The first-order valence-electron chi connectivity index (χ1n) is 29.8. The normalized spacial score (nSPS) is 16.1. The summed E-state index contributed by atoms with van der Waals surface area (Å²) in [6, 6.07) is 52.1. The monoisotopic (exact) mass is 1420 g/mol. The molecule has 0 atom stereocenters. The number of nitrogens with zero attached hydrogens (tertiary/aromatic N) is 8. The van der Waals surface area contributed by atoms with Crippen LogP contribution in [-0.4, -0.2) is 92.2 Å². The third-order valence-electron chi connectivity index (χ3n) is 17.3. The molecule has 9 heterocycles. The van der Waals surface area contributed by atoms with Crippen LogP contribution in [0.2, 0.25) is 0 Å². The molecule has 1 N–H and O–H groups in total. The average molecular weight is 1420 g/mol. The van der Waals surface area contributed by atoms with E-state index < -0.39 is 15.9 Å². The van der Waals surface area contributed by atoms with Crippen LogP contribution in [-0.2, 0) is 31.3 Å². The zero-order chi connectivity index (χ0) is 55.9. The van der Waals surface area contributed by atoms with E-state index in [9.17, 15) is 0 Å². The molecule has 2 radical (unpaired) electrons. The minimum atomic E-state index is -0.881. The number of benzene rings is 6. The summed E-state index contributed by atoms with van der Waals surface area (Å²) in [7, 11) is 0. The van der Waals surface area contributed by atoms with Crippen LogP contribution < -0.4 is 9.97 Å². The zero-order valence-electron chi connectivity index (χ0n) is 49.1. The molecule has 13 nitrogen and oxygen atoms in total. The van der Waals surface area contributed by atoms with E-state index in [-0.39, 0.29) is 52.9 Å². The number of rotatable bonds is 4. The van der Waals surface area contributed by atoms with Gasteiger partial charge in [-0.15, -0.1) is 0 Å². The molecule has 10 bridgehead atoms. The standard InChI is InChI=1S/C58H48GeN8.3C4H8O.2O.U/c1-5-57(6-2)53-25-21-41(64-53)33-60-49-17-9-13-37-29-39-15-11-19-51(47(39)31-45(37)49)62-35-43-23-27-55-58(7-3,8-4)56-28-24-44(67(56)59-66(43)55)36-63-52-20-12-16-40-30-38-14-10-18-50(46(38)32-48(40)52)61-34-42-22-26-54(57)65-42;3*1-2-4-5-3-1;;;/h9-36H,5-8H2,1-4H3;3*1-4H2;;;/q-2;;;;2*-2;/p+1. The van der Waals surface area contributed by atoms with E-state index in [0.29, 0.717) is 0 Å². The second-order valence-corrected chi connectivity index (χ2v) is 24.2. The minimum absolute atomic E-state index is 0. The third-order valence-corrected chi connectivity index (χ3v) is 20.2. The molecule has 3 saturated heterocycles. The summed E-state index contributed by atoms with van der Waals surface area (Å²) >= 11 is -0.881. The van der Waals surface area contributed by atoms with Crippen molar-refractivity contribution in [3.63, 3.8) is 0 Å². The van der Waals surface area contributed by atoms with Crippen molar-refractivity contribution in [2.24, 2.45) is 20.0 Å². The van der Waals surface area contributed by atoms with E-state index in [0.717, 1.165) is 165 Å². The van der Waals surface area contributed by atoms with E-state index in [1.54, 1.807) is 0 Å². The molecular weight excluding hydrogens is 1340 g/mol. The Hall–Kier alpha value is -6.45. The van der Waals surface area contributed by atoms with E-state index in [4.69, 9.17) is 39.4 Å². The van der Waals surface area contributed by atoms with Gasteiger partial charge in [0, 0.05) is 70.4 Å². The predicted molar refractivity (Wildman–Crippen MR) is 342 cm³/mol. The molecule has 436 valence electrons. The minimum Gasteiger partial charge on any atom is -2.00 e. The van der Waals surface area contributed by atoms with Gasteiger partial charge in [0.15, 0.2) is 0 Å². The van der Waals surface area contributed by atoms with Crippen LogP contribution in [0.5, 0.6) is 0 Å². The van der Waals surface area contributed by atoms with Crippen molar-refractivity contribution in [3.05, 3.63) is 191 Å². The zero-order valence-corrected chi connectivity index (χ0v) is 55.4. The van der Waals surface area contributed by atoms with Crippen molar-refractivity contribution in [1.82, 2.24) is 17.0 Å². The first kappa shape index (κ1) is 63.1. The van der Waals surface area contributed by atoms with Crippen LogP contribution in [0.3, 0.4) is 0 Å². The van der Waals surface area contributed by atoms with Crippen molar-refractivity contribution in [1.29, 1.82) is 0 Å². The summed E-state index contributed by atoms with van der Waals surface area (Å²) in [4.78, 5) is 31.1. The molecule has 85 heavy (non-hydrogen) atoms. The summed E-state index contributed by atoms with van der Waals surface area (Å²) in [6.45, 7) is 15.3. The number of hydrogen-bond acceptors (Lipinski definition) is 6. The van der Waals surface area contributed by atoms with Gasteiger partial charge in [-0.05, 0) is 43.9 Å². The third kappa shape index (κ3) is 13.0. The van der Waals surface area contributed by atoms with Gasteiger partial charge in [-0.25, -0.2) is 0 Å². The van der Waals surface area contributed by atoms with Gasteiger partial charge >= 0.3 is 321 Å². The molecule has 4 aromatic heterocycles. The van der Waals surface area contributed by atoms with E-state index in [1.165, 1.54) is 49.9 Å². The summed E-state index contributed by atoms with van der Waals surface area (Å²) < 4.78 is 19.1. The maximum atomic E-state index is 5.26. The molecule has 5 aliphatic heterocycles. The Kier molecular flexibility index (Phi) is 21.4. The second kappa shape index (κ2) is 28.8. The molecule has 0 amide bonds. The number of fused-ring (bicyclic) bond motifs is 4. The van der Waals surface area contributed by atoms with Gasteiger partial charge in [-0.2, -0.15) is 11.4 Å². The van der Waals surface area contributed by atoms with Gasteiger partial charge in [0.1, 0.15) is 13.2 Å². The van der Waals surface area contributed by atoms with Crippen molar-refractivity contribution in [2.45, 2.75) is 103 Å². The molecular formula is C70H73GeN8O5U-5. The Morgan fingerprint density at radius 2 is 0.800 bits per heavy atom. The van der Waals surface area contributed by atoms with Gasteiger partial charge in [0.2, 0.25) is 0 Å². The Bertz CT molecular complexity index is 3720.